The van der Waals surface area contributed by atoms with Crippen molar-refractivity contribution in [2.24, 2.45) is 0 Å². The largest absolute Gasteiger partial charge is 0.348 e. The van der Waals surface area contributed by atoms with Crippen LogP contribution in [-0.2, 0) is 4.79 Å². The number of hydrogen-bond acceptors (Lipinski definition) is 7. The predicted octanol–water partition coefficient (Wildman–Crippen LogP) is 3.73. The van der Waals surface area contributed by atoms with Crippen LogP contribution in [0.25, 0.3) is 10.3 Å². The van der Waals surface area contributed by atoms with Crippen LogP contribution in [0.2, 0.25) is 0 Å². The molecule has 0 saturated carbocycles. The fourth-order valence-electron chi connectivity index (χ4n) is 2.84. The molecule has 0 atom stereocenters. The molecule has 1 aliphatic rings. The molecule has 0 unspecified atom stereocenters. The van der Waals surface area contributed by atoms with Crippen LogP contribution in [0.15, 0.2) is 35.6 Å². The minimum atomic E-state index is -0.0464. The summed E-state index contributed by atoms with van der Waals surface area (Å²) in [5.74, 6) is 0.256. The predicted molar refractivity (Wildman–Crippen MR) is 107 cm³/mol. The van der Waals surface area contributed by atoms with Crippen molar-refractivity contribution < 1.29 is 4.79 Å². The zero-order chi connectivity index (χ0) is 17.9. The number of rotatable bonds is 5. The van der Waals surface area contributed by atoms with Crippen LogP contribution < -0.4 is 10.2 Å². The zero-order valence-corrected chi connectivity index (χ0v) is 16.1. The number of thiazole rings is 1. The van der Waals surface area contributed by atoms with Gasteiger partial charge in [-0.2, -0.15) is 4.98 Å². The molecule has 1 N–H and O–H groups in total. The maximum atomic E-state index is 12.2. The van der Waals surface area contributed by atoms with E-state index in [0.717, 1.165) is 33.6 Å². The molecule has 26 heavy (non-hydrogen) atoms. The van der Waals surface area contributed by atoms with Crippen molar-refractivity contribution in [3.05, 3.63) is 36.2 Å². The zero-order valence-electron chi connectivity index (χ0n) is 14.4. The summed E-state index contributed by atoms with van der Waals surface area (Å²) < 4.78 is 0.961. The maximum Gasteiger partial charge on any atom is 0.234 e. The van der Waals surface area contributed by atoms with Gasteiger partial charge in [0.1, 0.15) is 16.1 Å². The van der Waals surface area contributed by atoms with Gasteiger partial charge in [-0.05, 0) is 31.9 Å². The van der Waals surface area contributed by atoms with Crippen LogP contribution >= 0.6 is 23.1 Å². The lowest BCUT2D eigenvalue weighted by Gasteiger charge is -2.11. The lowest BCUT2D eigenvalue weighted by atomic mass is 10.2. The first-order chi connectivity index (χ1) is 12.7. The number of fused-ring (bicyclic) bond motifs is 1. The molecular weight excluding hydrogens is 366 g/mol. The number of aromatic nitrogens is 3. The van der Waals surface area contributed by atoms with E-state index < -0.39 is 0 Å². The van der Waals surface area contributed by atoms with E-state index in [2.05, 4.69) is 25.2 Å². The Bertz CT molecular complexity index is 919. The Kier molecular flexibility index (Phi) is 5.03. The first kappa shape index (κ1) is 17.2. The van der Waals surface area contributed by atoms with Crippen molar-refractivity contribution in [2.75, 3.05) is 29.1 Å². The molecule has 8 heteroatoms. The van der Waals surface area contributed by atoms with Gasteiger partial charge < -0.3 is 10.2 Å². The summed E-state index contributed by atoms with van der Waals surface area (Å²) in [6.45, 7) is 4.12. The van der Waals surface area contributed by atoms with E-state index in [4.69, 9.17) is 0 Å². The summed E-state index contributed by atoms with van der Waals surface area (Å²) in [7, 11) is 0. The van der Waals surface area contributed by atoms with E-state index in [0.29, 0.717) is 11.4 Å². The number of aryl methyl sites for hydroxylation is 1. The number of amides is 1. The number of hydrogen-bond donors (Lipinski definition) is 1. The Morgan fingerprint density at radius 3 is 2.77 bits per heavy atom. The molecule has 1 fully saturated rings. The minimum absolute atomic E-state index is 0.0464. The summed E-state index contributed by atoms with van der Waals surface area (Å²) in [5.41, 5.74) is 2.69. The topological polar surface area (TPSA) is 71.0 Å². The number of nitrogens with one attached hydrogen (secondary N) is 1. The van der Waals surface area contributed by atoms with Gasteiger partial charge >= 0.3 is 0 Å². The van der Waals surface area contributed by atoms with E-state index in [1.54, 1.807) is 11.3 Å². The average molecular weight is 386 g/mol. The van der Waals surface area contributed by atoms with Crippen molar-refractivity contribution >= 4 is 50.2 Å². The second-order valence-electron chi connectivity index (χ2n) is 6.23. The molecule has 134 valence electrons. The summed E-state index contributed by atoms with van der Waals surface area (Å²) in [5, 5.41) is 4.73. The standard InChI is InChI=1S/C18H19N5OS2/c1-12-4-6-13(7-5-12)21-14(24)10-25-17-15-16(19-11-20-17)22-18(26-15)23-8-2-3-9-23/h4-7,11H,2-3,8-10H2,1H3,(H,21,24). The Morgan fingerprint density at radius 2 is 2.00 bits per heavy atom. The molecule has 1 amide bonds. The second-order valence-corrected chi connectivity index (χ2v) is 8.17. The third kappa shape index (κ3) is 3.81. The summed E-state index contributed by atoms with van der Waals surface area (Å²) in [4.78, 5) is 27.8. The van der Waals surface area contributed by atoms with Crippen LogP contribution in [-0.4, -0.2) is 39.7 Å². The fourth-order valence-corrected chi connectivity index (χ4v) is 4.78. The van der Waals surface area contributed by atoms with Gasteiger partial charge in [0.25, 0.3) is 0 Å². The Morgan fingerprint density at radius 1 is 1.23 bits per heavy atom. The molecule has 1 aliphatic heterocycles. The van der Waals surface area contributed by atoms with E-state index in [9.17, 15) is 4.79 Å². The highest BCUT2D eigenvalue weighted by Crippen LogP contribution is 2.34. The van der Waals surface area contributed by atoms with Gasteiger partial charge in [-0.15, -0.1) is 0 Å². The van der Waals surface area contributed by atoms with Crippen LogP contribution in [0.3, 0.4) is 0 Å². The summed E-state index contributed by atoms with van der Waals surface area (Å²) >= 11 is 3.04. The molecule has 0 aliphatic carbocycles. The Balaban J connectivity index is 1.44. The van der Waals surface area contributed by atoms with E-state index in [1.807, 2.05) is 31.2 Å². The van der Waals surface area contributed by atoms with Gasteiger partial charge in [-0.3, -0.25) is 4.79 Å². The van der Waals surface area contributed by atoms with Crippen molar-refractivity contribution in [3.8, 4) is 0 Å². The molecular formula is C18H19N5OS2. The molecule has 1 aromatic carbocycles. The number of carbonyl (C=O) groups excluding carboxylic acids is 1. The quantitative estimate of drug-likeness (QED) is 0.533. The van der Waals surface area contributed by atoms with Crippen LogP contribution in [0.4, 0.5) is 10.8 Å². The van der Waals surface area contributed by atoms with E-state index in [-0.39, 0.29) is 5.91 Å². The molecule has 4 rings (SSSR count). The minimum Gasteiger partial charge on any atom is -0.348 e. The molecule has 6 nitrogen and oxygen atoms in total. The van der Waals surface area contributed by atoms with Crippen LogP contribution in [0, 0.1) is 6.92 Å². The normalized spacial score (nSPS) is 14.1. The first-order valence-electron chi connectivity index (χ1n) is 8.55. The smallest absolute Gasteiger partial charge is 0.234 e. The Labute approximate surface area is 160 Å². The molecule has 0 spiro atoms. The van der Waals surface area contributed by atoms with Gasteiger partial charge in [0, 0.05) is 18.8 Å². The SMILES string of the molecule is Cc1ccc(NC(=O)CSc2ncnc3nc(N4CCCC4)sc23)cc1. The number of thioether (sulfide) groups is 1. The highest BCUT2D eigenvalue weighted by molar-refractivity contribution is 8.00. The Hall–Kier alpha value is -2.19. The second kappa shape index (κ2) is 7.59. The van der Waals surface area contributed by atoms with Crippen molar-refractivity contribution in [1.82, 2.24) is 15.0 Å². The van der Waals surface area contributed by atoms with Gasteiger partial charge in [-0.25, -0.2) is 9.97 Å². The van der Waals surface area contributed by atoms with E-state index in [1.165, 1.54) is 36.5 Å². The van der Waals surface area contributed by atoms with Crippen molar-refractivity contribution in [1.29, 1.82) is 0 Å². The van der Waals surface area contributed by atoms with Crippen LogP contribution in [0.1, 0.15) is 18.4 Å². The van der Waals surface area contributed by atoms with Crippen LogP contribution in [0.5, 0.6) is 0 Å². The van der Waals surface area contributed by atoms with Crippen molar-refractivity contribution in [3.63, 3.8) is 0 Å². The third-order valence-electron chi connectivity index (χ3n) is 4.20. The summed E-state index contributed by atoms with van der Waals surface area (Å²) in [6, 6.07) is 7.78. The molecule has 0 radical (unpaired) electrons. The molecule has 3 heterocycles. The van der Waals surface area contributed by atoms with Crippen molar-refractivity contribution in [2.45, 2.75) is 24.8 Å². The third-order valence-corrected chi connectivity index (χ3v) is 6.43. The highest BCUT2D eigenvalue weighted by atomic mass is 32.2. The van der Waals surface area contributed by atoms with Gasteiger partial charge in [0.2, 0.25) is 5.91 Å². The van der Waals surface area contributed by atoms with Gasteiger partial charge in [-0.1, -0.05) is 40.8 Å². The highest BCUT2D eigenvalue weighted by Gasteiger charge is 2.19. The average Bonchev–Trinajstić information content (AvgIpc) is 3.31. The number of benzene rings is 1. The molecule has 2 aromatic heterocycles. The molecule has 1 saturated heterocycles. The lowest BCUT2D eigenvalue weighted by Crippen LogP contribution is -2.16. The van der Waals surface area contributed by atoms with Gasteiger partial charge in [0.05, 0.1) is 5.75 Å². The number of nitrogens with zero attached hydrogens (tertiary/aromatic N) is 4. The fraction of sp³-hybridized carbons (Fsp3) is 0.333. The van der Waals surface area contributed by atoms with E-state index >= 15 is 0 Å². The number of anilines is 2. The molecule has 0 bridgehead atoms. The summed E-state index contributed by atoms with van der Waals surface area (Å²) in [6.07, 6.45) is 3.95. The monoisotopic (exact) mass is 385 g/mol. The first-order valence-corrected chi connectivity index (χ1v) is 10.3. The number of carbonyl (C=O) groups is 1. The lowest BCUT2D eigenvalue weighted by molar-refractivity contribution is -0.113. The maximum absolute atomic E-state index is 12.2. The van der Waals surface area contributed by atoms with Gasteiger partial charge in [0.15, 0.2) is 10.8 Å². The molecule has 3 aromatic rings.